The third-order valence-electron chi connectivity index (χ3n) is 2.53. The number of aromatic nitrogens is 2. The molecule has 0 radical (unpaired) electrons. The second kappa shape index (κ2) is 5.79. The Hall–Kier alpha value is -1.95. The summed E-state index contributed by atoms with van der Waals surface area (Å²) in [7, 11) is 0. The Morgan fingerprint density at radius 2 is 2.32 bits per heavy atom. The maximum Gasteiger partial charge on any atom is 0.347 e. The monoisotopic (exact) mass is 277 g/mol. The van der Waals surface area contributed by atoms with Crippen LogP contribution < -0.4 is 5.32 Å². The van der Waals surface area contributed by atoms with E-state index in [0.717, 1.165) is 23.3 Å². The SMILES string of the molecule is CCCc1nc(Nc2cc(C)ccn2)sc1C(=O)O. The van der Waals surface area contributed by atoms with Crippen LogP contribution in [0.4, 0.5) is 10.9 Å². The lowest BCUT2D eigenvalue weighted by Gasteiger charge is -2.01. The normalized spacial score (nSPS) is 10.4. The first-order valence-corrected chi connectivity index (χ1v) is 6.84. The highest BCUT2D eigenvalue weighted by atomic mass is 32.1. The van der Waals surface area contributed by atoms with Gasteiger partial charge in [-0.15, -0.1) is 0 Å². The number of carboxylic acid groups (broad SMARTS) is 1. The average Bonchev–Trinajstić information content (AvgIpc) is 2.73. The molecule has 6 heteroatoms. The lowest BCUT2D eigenvalue weighted by atomic mass is 10.2. The van der Waals surface area contributed by atoms with Crippen molar-refractivity contribution in [3.63, 3.8) is 0 Å². The number of pyridine rings is 1. The van der Waals surface area contributed by atoms with E-state index in [9.17, 15) is 4.79 Å². The highest BCUT2D eigenvalue weighted by Gasteiger charge is 2.16. The third kappa shape index (κ3) is 3.29. The van der Waals surface area contributed by atoms with E-state index in [2.05, 4.69) is 15.3 Å². The molecule has 100 valence electrons. The van der Waals surface area contributed by atoms with Gasteiger partial charge in [-0.2, -0.15) is 0 Å². The molecule has 0 aliphatic heterocycles. The molecule has 0 atom stereocenters. The second-order valence-corrected chi connectivity index (χ2v) is 5.19. The van der Waals surface area contributed by atoms with E-state index in [4.69, 9.17) is 5.11 Å². The van der Waals surface area contributed by atoms with Crippen molar-refractivity contribution in [2.75, 3.05) is 5.32 Å². The summed E-state index contributed by atoms with van der Waals surface area (Å²) < 4.78 is 0. The number of aromatic carboxylic acids is 1. The maximum atomic E-state index is 11.1. The van der Waals surface area contributed by atoms with Gasteiger partial charge in [0.1, 0.15) is 10.7 Å². The maximum absolute atomic E-state index is 11.1. The van der Waals surface area contributed by atoms with Gasteiger partial charge in [-0.3, -0.25) is 0 Å². The van der Waals surface area contributed by atoms with Gasteiger partial charge >= 0.3 is 5.97 Å². The first-order chi connectivity index (χ1) is 9.10. The Bertz CT molecular complexity index is 595. The van der Waals surface area contributed by atoms with Crippen LogP contribution in [-0.4, -0.2) is 21.0 Å². The van der Waals surface area contributed by atoms with E-state index >= 15 is 0 Å². The summed E-state index contributed by atoms with van der Waals surface area (Å²) >= 11 is 1.15. The van der Waals surface area contributed by atoms with Gasteiger partial charge in [0.25, 0.3) is 0 Å². The van der Waals surface area contributed by atoms with Crippen molar-refractivity contribution in [3.05, 3.63) is 34.5 Å². The van der Waals surface area contributed by atoms with Gasteiger partial charge in [-0.05, 0) is 31.0 Å². The van der Waals surface area contributed by atoms with Crippen molar-refractivity contribution in [3.8, 4) is 0 Å². The van der Waals surface area contributed by atoms with Crippen LogP contribution in [0.3, 0.4) is 0 Å². The van der Waals surface area contributed by atoms with Gasteiger partial charge in [-0.25, -0.2) is 14.8 Å². The average molecular weight is 277 g/mol. The van der Waals surface area contributed by atoms with Crippen LogP contribution in [0.5, 0.6) is 0 Å². The van der Waals surface area contributed by atoms with E-state index in [1.165, 1.54) is 0 Å². The predicted octanol–water partition coefficient (Wildman–Crippen LogP) is 3.24. The summed E-state index contributed by atoms with van der Waals surface area (Å²) in [5.41, 5.74) is 1.72. The van der Waals surface area contributed by atoms with E-state index in [-0.39, 0.29) is 0 Å². The van der Waals surface area contributed by atoms with Crippen LogP contribution >= 0.6 is 11.3 Å². The highest BCUT2D eigenvalue weighted by Crippen LogP contribution is 2.26. The zero-order valence-electron chi connectivity index (χ0n) is 10.8. The molecule has 0 fully saturated rings. The first kappa shape index (κ1) is 13.5. The summed E-state index contributed by atoms with van der Waals surface area (Å²) in [6.07, 6.45) is 3.24. The van der Waals surface area contributed by atoms with Crippen molar-refractivity contribution in [2.45, 2.75) is 26.7 Å². The van der Waals surface area contributed by atoms with Gasteiger partial charge < -0.3 is 10.4 Å². The van der Waals surface area contributed by atoms with Crippen LogP contribution in [0, 0.1) is 6.92 Å². The Kier molecular flexibility index (Phi) is 4.11. The quantitative estimate of drug-likeness (QED) is 0.877. The predicted molar refractivity (Wildman–Crippen MR) is 75.3 cm³/mol. The summed E-state index contributed by atoms with van der Waals surface area (Å²) in [6.45, 7) is 3.97. The van der Waals surface area contributed by atoms with Gasteiger partial charge in [0.15, 0.2) is 5.13 Å². The fourth-order valence-electron chi connectivity index (χ4n) is 1.69. The number of rotatable bonds is 5. The number of hydrogen-bond donors (Lipinski definition) is 2. The number of nitrogens with one attached hydrogen (secondary N) is 1. The van der Waals surface area contributed by atoms with Gasteiger partial charge in [-0.1, -0.05) is 24.7 Å². The fraction of sp³-hybridized carbons (Fsp3) is 0.308. The number of anilines is 2. The number of nitrogens with zero attached hydrogens (tertiary/aromatic N) is 2. The minimum Gasteiger partial charge on any atom is -0.477 e. The molecule has 0 unspecified atom stereocenters. The molecular formula is C13H15N3O2S. The molecule has 0 aromatic carbocycles. The lowest BCUT2D eigenvalue weighted by Crippen LogP contribution is -1.98. The number of thiazole rings is 1. The van der Waals surface area contributed by atoms with Crippen LogP contribution in [-0.2, 0) is 6.42 Å². The van der Waals surface area contributed by atoms with Crippen LogP contribution in [0.1, 0.15) is 34.3 Å². The summed E-state index contributed by atoms with van der Waals surface area (Å²) in [5, 5.41) is 12.8. The minimum absolute atomic E-state index is 0.303. The van der Waals surface area contributed by atoms with Crippen LogP contribution in [0.25, 0.3) is 0 Å². The summed E-state index contributed by atoms with van der Waals surface area (Å²) in [6, 6.07) is 3.79. The topological polar surface area (TPSA) is 75.1 Å². The van der Waals surface area contributed by atoms with Gasteiger partial charge in [0, 0.05) is 6.20 Å². The van der Waals surface area contributed by atoms with Crippen molar-refractivity contribution in [1.29, 1.82) is 0 Å². The fourth-order valence-corrected chi connectivity index (χ4v) is 2.55. The number of hydrogen-bond acceptors (Lipinski definition) is 5. The highest BCUT2D eigenvalue weighted by molar-refractivity contribution is 7.17. The van der Waals surface area contributed by atoms with Gasteiger partial charge in [0.2, 0.25) is 0 Å². The lowest BCUT2D eigenvalue weighted by molar-refractivity contribution is 0.0700. The van der Waals surface area contributed by atoms with Crippen LogP contribution in [0.15, 0.2) is 18.3 Å². The van der Waals surface area contributed by atoms with Crippen molar-refractivity contribution < 1.29 is 9.90 Å². The molecule has 0 spiro atoms. The number of carbonyl (C=O) groups is 1. The van der Waals surface area contributed by atoms with E-state index in [1.54, 1.807) is 6.20 Å². The van der Waals surface area contributed by atoms with Crippen molar-refractivity contribution in [2.24, 2.45) is 0 Å². The van der Waals surface area contributed by atoms with Crippen molar-refractivity contribution in [1.82, 2.24) is 9.97 Å². The molecular weight excluding hydrogens is 262 g/mol. The molecule has 2 aromatic heterocycles. The van der Waals surface area contributed by atoms with E-state index in [1.807, 2.05) is 26.0 Å². The molecule has 0 saturated carbocycles. The molecule has 2 N–H and O–H groups in total. The zero-order chi connectivity index (χ0) is 13.8. The molecule has 0 aliphatic rings. The molecule has 0 saturated heterocycles. The van der Waals surface area contributed by atoms with Crippen LogP contribution in [0.2, 0.25) is 0 Å². The molecule has 2 aromatic rings. The Morgan fingerprint density at radius 3 is 2.95 bits per heavy atom. The molecule has 0 bridgehead atoms. The zero-order valence-corrected chi connectivity index (χ0v) is 11.6. The molecule has 2 heterocycles. The van der Waals surface area contributed by atoms with E-state index in [0.29, 0.717) is 27.9 Å². The van der Waals surface area contributed by atoms with E-state index < -0.39 is 5.97 Å². The Balaban J connectivity index is 2.25. The number of aryl methyl sites for hydroxylation is 2. The minimum atomic E-state index is -0.925. The first-order valence-electron chi connectivity index (χ1n) is 6.03. The standard InChI is InChI=1S/C13H15N3O2S/c1-3-4-9-11(12(17)18)19-13(15-9)16-10-7-8(2)5-6-14-10/h5-7H,3-4H2,1-2H3,(H,17,18)(H,14,15,16). The molecule has 0 aliphatic carbocycles. The molecule has 0 amide bonds. The largest absolute Gasteiger partial charge is 0.477 e. The Morgan fingerprint density at radius 1 is 1.53 bits per heavy atom. The van der Waals surface area contributed by atoms with Crippen molar-refractivity contribution >= 4 is 28.3 Å². The smallest absolute Gasteiger partial charge is 0.347 e. The summed E-state index contributed by atoms with van der Waals surface area (Å²) in [5.74, 6) is -0.250. The third-order valence-corrected chi connectivity index (χ3v) is 3.53. The molecule has 5 nitrogen and oxygen atoms in total. The Labute approximate surface area is 115 Å². The van der Waals surface area contributed by atoms with Gasteiger partial charge in [0.05, 0.1) is 5.69 Å². The molecule has 2 rings (SSSR count). The second-order valence-electron chi connectivity index (χ2n) is 4.19. The summed E-state index contributed by atoms with van der Waals surface area (Å²) in [4.78, 5) is 20.0. The molecule has 19 heavy (non-hydrogen) atoms. The number of carboxylic acids is 1.